The molecular weight excluding hydrogens is 364 g/mol. The maximum absolute atomic E-state index is 10.7. The van der Waals surface area contributed by atoms with E-state index in [1.54, 1.807) is 4.90 Å². The van der Waals surface area contributed by atoms with Gasteiger partial charge < -0.3 is 14.6 Å². The Morgan fingerprint density at radius 1 is 1.00 bits per heavy atom. The summed E-state index contributed by atoms with van der Waals surface area (Å²) < 4.78 is 3.38. The van der Waals surface area contributed by atoms with Gasteiger partial charge in [0.25, 0.3) is 0 Å². The minimum atomic E-state index is -0.305. The van der Waals surface area contributed by atoms with Gasteiger partial charge in [-0.2, -0.15) is 0 Å². The Morgan fingerprint density at radius 3 is 2.58 bits per heavy atom. The minimum Gasteiger partial charge on any atom is -0.385 e. The molecule has 3 aromatic rings. The molecule has 0 saturated carbocycles. The average Bonchev–Trinajstić information content (AvgIpc) is 2.89. The van der Waals surface area contributed by atoms with Crippen molar-refractivity contribution in [1.29, 1.82) is 0 Å². The molecule has 1 saturated heterocycles. The number of hydrogen-bond acceptors (Lipinski definition) is 1. The highest BCUT2D eigenvalue weighted by atomic mass is 79.9. The SMILES string of the molecule is O[C@H](Cn1c2ccccc2c2cc(Br)ccc21)C[NH+]1CCCCC1. The third-order valence-electron chi connectivity index (χ3n) is 5.21. The van der Waals surface area contributed by atoms with Gasteiger partial charge in [0.05, 0.1) is 19.6 Å². The number of likely N-dealkylation sites (tertiary alicyclic amines) is 1. The molecule has 4 rings (SSSR count). The van der Waals surface area contributed by atoms with Crippen molar-refractivity contribution in [2.24, 2.45) is 0 Å². The summed E-state index contributed by atoms with van der Waals surface area (Å²) in [4.78, 5) is 1.55. The van der Waals surface area contributed by atoms with Crippen molar-refractivity contribution < 1.29 is 10.0 Å². The summed E-state index contributed by atoms with van der Waals surface area (Å²) in [5.74, 6) is 0. The molecular formula is C20H24BrN2O+. The number of hydrogen-bond donors (Lipinski definition) is 2. The quantitative estimate of drug-likeness (QED) is 0.707. The highest BCUT2D eigenvalue weighted by molar-refractivity contribution is 9.10. The van der Waals surface area contributed by atoms with Crippen LogP contribution in [0.15, 0.2) is 46.9 Å². The molecule has 4 heteroatoms. The van der Waals surface area contributed by atoms with E-state index in [0.29, 0.717) is 6.54 Å². The summed E-state index contributed by atoms with van der Waals surface area (Å²) in [5.41, 5.74) is 2.41. The molecule has 1 aromatic heterocycles. The van der Waals surface area contributed by atoms with Gasteiger partial charge in [-0.25, -0.2) is 0 Å². The fourth-order valence-corrected chi connectivity index (χ4v) is 4.45. The van der Waals surface area contributed by atoms with E-state index in [2.05, 4.69) is 63.0 Å². The van der Waals surface area contributed by atoms with Gasteiger partial charge in [0.2, 0.25) is 0 Å². The number of aliphatic hydroxyl groups is 1. The first-order valence-corrected chi connectivity index (χ1v) is 9.70. The highest BCUT2D eigenvalue weighted by Crippen LogP contribution is 2.31. The lowest BCUT2D eigenvalue weighted by Gasteiger charge is -2.26. The van der Waals surface area contributed by atoms with Crippen LogP contribution in [0.2, 0.25) is 0 Å². The summed E-state index contributed by atoms with van der Waals surface area (Å²) >= 11 is 3.58. The Bertz CT molecular complexity index is 851. The fraction of sp³-hybridized carbons (Fsp3) is 0.400. The van der Waals surface area contributed by atoms with Gasteiger partial charge in [-0.3, -0.25) is 0 Å². The molecule has 0 aliphatic carbocycles. The standard InChI is InChI=1S/C20H23BrN2O/c21-15-8-9-20-18(12-15)17-6-2-3-7-19(17)23(20)14-16(24)13-22-10-4-1-5-11-22/h2-3,6-9,12,16,24H,1,4-5,10-11,13-14H2/p+1/t16-/m0/s1. The van der Waals surface area contributed by atoms with Crippen molar-refractivity contribution in [3.8, 4) is 0 Å². The van der Waals surface area contributed by atoms with Crippen LogP contribution in [0.3, 0.4) is 0 Å². The molecule has 0 bridgehead atoms. The van der Waals surface area contributed by atoms with Crippen molar-refractivity contribution in [3.05, 3.63) is 46.9 Å². The monoisotopic (exact) mass is 387 g/mol. The number of nitrogens with one attached hydrogen (secondary N) is 1. The number of fused-ring (bicyclic) bond motifs is 3. The number of aliphatic hydroxyl groups excluding tert-OH is 1. The van der Waals surface area contributed by atoms with E-state index in [4.69, 9.17) is 0 Å². The van der Waals surface area contributed by atoms with Crippen molar-refractivity contribution in [2.75, 3.05) is 19.6 Å². The summed E-state index contributed by atoms with van der Waals surface area (Å²) in [6, 6.07) is 14.9. The lowest BCUT2D eigenvalue weighted by molar-refractivity contribution is -0.908. The van der Waals surface area contributed by atoms with Gasteiger partial charge >= 0.3 is 0 Å². The van der Waals surface area contributed by atoms with Crippen LogP contribution in [0.5, 0.6) is 0 Å². The predicted octanol–water partition coefficient (Wildman–Crippen LogP) is 2.99. The second-order valence-electron chi connectivity index (χ2n) is 6.96. The largest absolute Gasteiger partial charge is 0.385 e. The first kappa shape index (κ1) is 16.1. The Morgan fingerprint density at radius 2 is 1.75 bits per heavy atom. The van der Waals surface area contributed by atoms with Crippen LogP contribution < -0.4 is 4.90 Å². The average molecular weight is 388 g/mol. The second-order valence-corrected chi connectivity index (χ2v) is 7.87. The Kier molecular flexibility index (Phi) is 4.61. The maximum atomic E-state index is 10.7. The summed E-state index contributed by atoms with van der Waals surface area (Å²) in [6.45, 7) is 3.92. The maximum Gasteiger partial charge on any atom is 0.121 e. The van der Waals surface area contributed by atoms with Gasteiger partial charge in [-0.15, -0.1) is 0 Å². The van der Waals surface area contributed by atoms with Crippen molar-refractivity contribution >= 4 is 37.7 Å². The van der Waals surface area contributed by atoms with Crippen LogP contribution >= 0.6 is 15.9 Å². The van der Waals surface area contributed by atoms with E-state index < -0.39 is 0 Å². The van der Waals surface area contributed by atoms with Crippen LogP contribution in [0.4, 0.5) is 0 Å². The van der Waals surface area contributed by atoms with Crippen molar-refractivity contribution in [3.63, 3.8) is 0 Å². The van der Waals surface area contributed by atoms with E-state index >= 15 is 0 Å². The van der Waals surface area contributed by atoms with Crippen LogP contribution in [-0.4, -0.2) is 35.4 Å². The first-order valence-electron chi connectivity index (χ1n) is 8.90. The molecule has 24 heavy (non-hydrogen) atoms. The van der Waals surface area contributed by atoms with E-state index in [9.17, 15) is 5.11 Å². The number of quaternary nitrogens is 1. The van der Waals surface area contributed by atoms with Gasteiger partial charge in [0, 0.05) is 26.3 Å². The van der Waals surface area contributed by atoms with Crippen LogP contribution in [0.1, 0.15) is 19.3 Å². The van der Waals surface area contributed by atoms with E-state index in [-0.39, 0.29) is 6.10 Å². The summed E-state index contributed by atoms with van der Waals surface area (Å²) in [7, 11) is 0. The number of rotatable bonds is 4. The third-order valence-corrected chi connectivity index (χ3v) is 5.71. The molecule has 0 unspecified atom stereocenters. The van der Waals surface area contributed by atoms with E-state index in [1.807, 2.05) is 0 Å². The molecule has 2 aromatic carbocycles. The third kappa shape index (κ3) is 3.10. The number of halogens is 1. The van der Waals surface area contributed by atoms with Gasteiger partial charge in [-0.05, 0) is 43.5 Å². The predicted molar refractivity (Wildman–Crippen MR) is 103 cm³/mol. The van der Waals surface area contributed by atoms with Gasteiger partial charge in [0.1, 0.15) is 12.6 Å². The molecule has 0 radical (unpaired) electrons. The van der Waals surface area contributed by atoms with E-state index in [0.717, 1.165) is 11.0 Å². The molecule has 0 spiro atoms. The molecule has 3 nitrogen and oxygen atoms in total. The highest BCUT2D eigenvalue weighted by Gasteiger charge is 2.20. The second kappa shape index (κ2) is 6.87. The van der Waals surface area contributed by atoms with Crippen LogP contribution in [0.25, 0.3) is 21.8 Å². The number of piperidine rings is 1. The number of nitrogens with zero attached hydrogens (tertiary/aromatic N) is 1. The first-order chi connectivity index (χ1) is 11.7. The number of para-hydroxylation sites is 1. The minimum absolute atomic E-state index is 0.305. The summed E-state index contributed by atoms with van der Waals surface area (Å²) in [6.07, 6.45) is 3.64. The Hall–Kier alpha value is -1.36. The zero-order valence-electron chi connectivity index (χ0n) is 13.8. The summed E-state index contributed by atoms with van der Waals surface area (Å²) in [5, 5.41) is 13.2. The number of benzene rings is 2. The lowest BCUT2D eigenvalue weighted by Crippen LogP contribution is -3.13. The van der Waals surface area contributed by atoms with Crippen molar-refractivity contribution in [2.45, 2.75) is 31.9 Å². The Labute approximate surface area is 151 Å². The zero-order valence-corrected chi connectivity index (χ0v) is 15.4. The smallest absolute Gasteiger partial charge is 0.121 e. The van der Waals surface area contributed by atoms with Gasteiger partial charge in [-0.1, -0.05) is 34.1 Å². The zero-order chi connectivity index (χ0) is 16.5. The van der Waals surface area contributed by atoms with Crippen molar-refractivity contribution in [1.82, 2.24) is 4.57 Å². The van der Waals surface area contributed by atoms with Gasteiger partial charge in [0.15, 0.2) is 0 Å². The topological polar surface area (TPSA) is 29.6 Å². The molecule has 1 atom stereocenters. The molecule has 1 aliphatic heterocycles. The van der Waals surface area contributed by atoms with Crippen LogP contribution in [-0.2, 0) is 6.54 Å². The molecule has 1 aliphatic rings. The number of aromatic nitrogens is 1. The molecule has 1 fully saturated rings. The molecule has 2 N–H and O–H groups in total. The normalized spacial score (nSPS) is 17.6. The van der Waals surface area contributed by atoms with E-state index in [1.165, 1.54) is 54.2 Å². The molecule has 2 heterocycles. The molecule has 126 valence electrons. The van der Waals surface area contributed by atoms with Crippen LogP contribution in [0, 0.1) is 0 Å². The molecule has 0 amide bonds. The lowest BCUT2D eigenvalue weighted by atomic mass is 10.1. The fourth-order valence-electron chi connectivity index (χ4n) is 4.09. The Balaban J connectivity index is 1.67.